The van der Waals surface area contributed by atoms with Gasteiger partial charge in [0.1, 0.15) is 5.82 Å². The molecule has 5 rings (SSSR count). The largest absolute Gasteiger partial charge is 0.299 e. The van der Waals surface area contributed by atoms with Crippen LogP contribution < -0.4 is 0 Å². The first-order valence-electron chi connectivity index (χ1n) is 13.9. The Morgan fingerprint density at radius 1 is 0.846 bits per heavy atom. The summed E-state index contributed by atoms with van der Waals surface area (Å²) in [4.78, 5) is 18.1. The quantitative estimate of drug-likeness (QED) is 0.258. The van der Waals surface area contributed by atoms with Gasteiger partial charge in [-0.15, -0.1) is 24.8 Å². The zero-order valence-corrected chi connectivity index (χ0v) is 24.5. The summed E-state index contributed by atoms with van der Waals surface area (Å²) in [6.45, 7) is 8.08. The first-order valence-corrected chi connectivity index (χ1v) is 13.9. The second-order valence-corrected chi connectivity index (χ2v) is 11.1. The number of likely N-dealkylation sites (tertiary alicyclic amines) is 1. The summed E-state index contributed by atoms with van der Waals surface area (Å²) >= 11 is 0. The number of hydrogen-bond acceptors (Lipinski definition) is 3. The van der Waals surface area contributed by atoms with Gasteiger partial charge in [-0.3, -0.25) is 14.6 Å². The number of carbonyl (C=O) groups excluding carboxylic acids is 1. The second-order valence-electron chi connectivity index (χ2n) is 11.1. The number of fused-ring (bicyclic) bond motifs is 1. The highest BCUT2D eigenvalue weighted by molar-refractivity contribution is 5.96. The molecule has 0 saturated carbocycles. The number of benzene rings is 3. The average molecular weight is 572 g/mol. The van der Waals surface area contributed by atoms with Gasteiger partial charge in [-0.25, -0.2) is 4.39 Å². The molecule has 0 aromatic heterocycles. The van der Waals surface area contributed by atoms with Crippen LogP contribution in [0.2, 0.25) is 0 Å². The van der Waals surface area contributed by atoms with Crippen LogP contribution in [0.3, 0.4) is 0 Å². The molecule has 0 N–H and O–H groups in total. The van der Waals surface area contributed by atoms with Gasteiger partial charge in [0.15, 0.2) is 5.78 Å². The minimum atomic E-state index is -0.194. The van der Waals surface area contributed by atoms with Crippen molar-refractivity contribution in [2.24, 2.45) is 5.92 Å². The molecular weight excluding hydrogens is 530 g/mol. The second kappa shape index (κ2) is 14.9. The molecule has 2 aliphatic heterocycles. The molecule has 2 aliphatic rings. The van der Waals surface area contributed by atoms with Crippen LogP contribution in [0, 0.1) is 18.7 Å². The molecule has 3 aromatic carbocycles. The molecule has 3 aromatic rings. The van der Waals surface area contributed by atoms with Crippen molar-refractivity contribution in [3.8, 4) is 0 Å². The Kier molecular flexibility index (Phi) is 12.0. The highest BCUT2D eigenvalue weighted by Crippen LogP contribution is 2.26. The van der Waals surface area contributed by atoms with E-state index >= 15 is 0 Å². The minimum absolute atomic E-state index is 0. The maximum absolute atomic E-state index is 13.3. The van der Waals surface area contributed by atoms with E-state index in [2.05, 4.69) is 53.1 Å². The van der Waals surface area contributed by atoms with Gasteiger partial charge in [0, 0.05) is 31.6 Å². The Morgan fingerprint density at radius 2 is 1.59 bits per heavy atom. The molecule has 39 heavy (non-hydrogen) atoms. The fourth-order valence-corrected chi connectivity index (χ4v) is 5.97. The molecule has 0 bridgehead atoms. The Hall–Kier alpha value is -2.24. The highest BCUT2D eigenvalue weighted by Gasteiger charge is 2.21. The fraction of sp³-hybridized carbons (Fsp3) is 0.424. The number of halogens is 3. The maximum Gasteiger partial charge on any atom is 0.162 e. The molecule has 0 spiro atoms. The number of carbonyl (C=O) groups is 1. The van der Waals surface area contributed by atoms with E-state index in [0.29, 0.717) is 12.3 Å². The van der Waals surface area contributed by atoms with Crippen LogP contribution in [0.1, 0.15) is 70.3 Å². The van der Waals surface area contributed by atoms with Crippen LogP contribution in [0.4, 0.5) is 4.39 Å². The summed E-state index contributed by atoms with van der Waals surface area (Å²) in [5, 5.41) is 0. The monoisotopic (exact) mass is 570 g/mol. The molecule has 2 heterocycles. The Morgan fingerprint density at radius 3 is 2.33 bits per heavy atom. The lowest BCUT2D eigenvalue weighted by molar-refractivity contribution is 0.0961. The van der Waals surface area contributed by atoms with Crippen molar-refractivity contribution >= 4 is 30.6 Å². The Bertz CT molecular complexity index is 1210. The molecule has 0 aliphatic carbocycles. The van der Waals surface area contributed by atoms with Crippen molar-refractivity contribution in [3.63, 3.8) is 0 Å². The van der Waals surface area contributed by atoms with Gasteiger partial charge in [-0.05, 0) is 105 Å². The van der Waals surface area contributed by atoms with E-state index in [-0.39, 0.29) is 36.4 Å². The van der Waals surface area contributed by atoms with E-state index in [1.165, 1.54) is 47.2 Å². The smallest absolute Gasteiger partial charge is 0.162 e. The lowest BCUT2D eigenvalue weighted by Crippen LogP contribution is -2.33. The summed E-state index contributed by atoms with van der Waals surface area (Å²) in [5.41, 5.74) is 7.34. The Labute approximate surface area is 245 Å². The number of nitrogens with zero attached hydrogens (tertiary/aromatic N) is 2. The van der Waals surface area contributed by atoms with Crippen LogP contribution in [0.15, 0.2) is 66.7 Å². The van der Waals surface area contributed by atoms with E-state index in [1.54, 1.807) is 0 Å². The summed E-state index contributed by atoms with van der Waals surface area (Å²) in [7, 11) is 0. The van der Waals surface area contributed by atoms with E-state index in [0.717, 1.165) is 69.7 Å². The van der Waals surface area contributed by atoms with Crippen molar-refractivity contribution in [1.29, 1.82) is 0 Å². The van der Waals surface area contributed by atoms with Crippen LogP contribution in [-0.2, 0) is 26.1 Å². The standard InChI is InChI=1S/C33H39FN2O.2ClH/c1-25-4-2-5-28(20-25)23-35-18-15-26(16-19-35)9-14-33(37)30-11-10-29-6-3-17-36(24-31(29)21-30)22-27-7-12-32(34)13-8-27;;/h2,4-5,7-8,10-13,20-21,26H,3,6,9,14-19,22-24H2,1H3;2*1H. The number of ketones is 1. The summed E-state index contributed by atoms with van der Waals surface area (Å²) < 4.78 is 13.3. The van der Waals surface area contributed by atoms with Gasteiger partial charge < -0.3 is 0 Å². The Balaban J connectivity index is 0.00000210. The molecule has 0 radical (unpaired) electrons. The maximum atomic E-state index is 13.3. The van der Waals surface area contributed by atoms with Crippen molar-refractivity contribution in [2.45, 2.75) is 65.1 Å². The van der Waals surface area contributed by atoms with Crippen molar-refractivity contribution in [2.75, 3.05) is 19.6 Å². The molecule has 1 fully saturated rings. The number of rotatable bonds is 8. The van der Waals surface area contributed by atoms with Gasteiger partial charge in [0.25, 0.3) is 0 Å². The van der Waals surface area contributed by atoms with Crippen molar-refractivity contribution < 1.29 is 9.18 Å². The summed E-state index contributed by atoms with van der Waals surface area (Å²) in [6, 6.07) is 22.0. The molecular formula is C33H41Cl2FN2O. The van der Waals surface area contributed by atoms with Crippen LogP contribution >= 0.6 is 24.8 Å². The van der Waals surface area contributed by atoms with Gasteiger partial charge >= 0.3 is 0 Å². The number of Topliss-reactive ketones (excluding diaryl/α,β-unsaturated/α-hetero) is 1. The molecule has 3 nitrogen and oxygen atoms in total. The number of piperidine rings is 1. The first-order chi connectivity index (χ1) is 18.0. The minimum Gasteiger partial charge on any atom is -0.299 e. The molecule has 0 unspecified atom stereocenters. The van der Waals surface area contributed by atoms with Gasteiger partial charge in [0.05, 0.1) is 0 Å². The fourth-order valence-electron chi connectivity index (χ4n) is 5.97. The van der Waals surface area contributed by atoms with E-state index in [1.807, 2.05) is 18.2 Å². The summed E-state index contributed by atoms with van der Waals surface area (Å²) in [6.07, 6.45) is 6.14. The number of aryl methyl sites for hydroxylation is 2. The van der Waals surface area contributed by atoms with E-state index in [9.17, 15) is 9.18 Å². The average Bonchev–Trinajstić information content (AvgIpc) is 3.10. The van der Waals surface area contributed by atoms with E-state index in [4.69, 9.17) is 0 Å². The molecule has 1 saturated heterocycles. The predicted molar refractivity (Wildman–Crippen MR) is 163 cm³/mol. The zero-order chi connectivity index (χ0) is 25.6. The first kappa shape index (κ1) is 31.3. The lowest BCUT2D eigenvalue weighted by Gasteiger charge is -2.32. The predicted octanol–water partition coefficient (Wildman–Crippen LogP) is 7.80. The van der Waals surface area contributed by atoms with Gasteiger partial charge in [-0.2, -0.15) is 0 Å². The van der Waals surface area contributed by atoms with Crippen molar-refractivity contribution in [3.05, 3.63) is 106 Å². The number of hydrogen-bond donors (Lipinski definition) is 0. The van der Waals surface area contributed by atoms with Gasteiger partial charge in [-0.1, -0.05) is 54.1 Å². The third-order valence-electron chi connectivity index (χ3n) is 8.14. The van der Waals surface area contributed by atoms with E-state index < -0.39 is 0 Å². The van der Waals surface area contributed by atoms with Crippen LogP contribution in [0.25, 0.3) is 0 Å². The van der Waals surface area contributed by atoms with Crippen LogP contribution in [0.5, 0.6) is 0 Å². The zero-order valence-electron chi connectivity index (χ0n) is 22.9. The third kappa shape index (κ3) is 8.88. The normalized spacial score (nSPS) is 16.5. The molecule has 0 atom stereocenters. The van der Waals surface area contributed by atoms with Crippen LogP contribution in [-0.4, -0.2) is 35.2 Å². The van der Waals surface area contributed by atoms with Crippen molar-refractivity contribution in [1.82, 2.24) is 9.80 Å². The third-order valence-corrected chi connectivity index (χ3v) is 8.14. The van der Waals surface area contributed by atoms with Gasteiger partial charge in [0.2, 0.25) is 0 Å². The molecule has 0 amide bonds. The topological polar surface area (TPSA) is 23.6 Å². The summed E-state index contributed by atoms with van der Waals surface area (Å²) in [5.74, 6) is 0.727. The molecule has 6 heteroatoms. The lowest BCUT2D eigenvalue weighted by atomic mass is 9.89. The molecule has 210 valence electrons. The highest BCUT2D eigenvalue weighted by atomic mass is 35.5. The SMILES string of the molecule is Cc1cccc(CN2CCC(CCC(=O)c3ccc4c(c3)CN(Cc3ccc(F)cc3)CCC4)CC2)c1.Cl.Cl.